The number of nitrogens with one attached hydrogen (secondary N) is 1. The van der Waals surface area contributed by atoms with E-state index < -0.39 is 10.0 Å². The topological polar surface area (TPSA) is 77.1 Å². The van der Waals surface area contributed by atoms with Gasteiger partial charge in [0.05, 0.1) is 0 Å². The van der Waals surface area contributed by atoms with Crippen molar-refractivity contribution in [1.82, 2.24) is 14.4 Å². The number of sulfonamides is 1. The lowest BCUT2D eigenvalue weighted by molar-refractivity contribution is 0.390. The molecular formula is C11H15N3O3S. The highest BCUT2D eigenvalue weighted by molar-refractivity contribution is 7.89. The first-order valence-corrected chi connectivity index (χ1v) is 6.92. The van der Waals surface area contributed by atoms with Gasteiger partial charge in [0, 0.05) is 26.0 Å². The molecule has 2 aromatic rings. The van der Waals surface area contributed by atoms with Crippen LogP contribution in [-0.4, -0.2) is 18.1 Å². The van der Waals surface area contributed by atoms with Crippen molar-refractivity contribution in [2.45, 2.75) is 25.3 Å². The molecule has 2 aromatic heterocycles. The number of aryl methyl sites for hydroxylation is 3. The van der Waals surface area contributed by atoms with Gasteiger partial charge in [0.1, 0.15) is 10.6 Å². The van der Waals surface area contributed by atoms with E-state index in [0.29, 0.717) is 11.5 Å². The molecule has 0 amide bonds. The predicted molar refractivity (Wildman–Crippen MR) is 65.4 cm³/mol. The fourth-order valence-corrected chi connectivity index (χ4v) is 3.12. The highest BCUT2D eigenvalue weighted by Gasteiger charge is 2.23. The zero-order chi connectivity index (χ0) is 13.3. The molecule has 0 bridgehead atoms. The molecule has 0 atom stereocenters. The predicted octanol–water partition coefficient (Wildman–Crippen LogP) is 1.11. The minimum absolute atomic E-state index is 0.124. The molecule has 0 fully saturated rings. The maximum absolute atomic E-state index is 12.1. The molecule has 18 heavy (non-hydrogen) atoms. The van der Waals surface area contributed by atoms with Gasteiger partial charge < -0.3 is 9.09 Å². The largest absolute Gasteiger partial charge is 0.360 e. The van der Waals surface area contributed by atoms with Gasteiger partial charge in [-0.25, -0.2) is 13.1 Å². The first-order valence-electron chi connectivity index (χ1n) is 5.43. The van der Waals surface area contributed by atoms with Crippen molar-refractivity contribution in [1.29, 1.82) is 0 Å². The highest BCUT2D eigenvalue weighted by atomic mass is 32.2. The quantitative estimate of drug-likeness (QED) is 0.902. The first kappa shape index (κ1) is 12.8. The molecule has 2 rings (SSSR count). The summed E-state index contributed by atoms with van der Waals surface area (Å²) in [5.41, 5.74) is 1.26. The molecule has 0 saturated heterocycles. The van der Waals surface area contributed by atoms with Crippen molar-refractivity contribution >= 4 is 10.0 Å². The van der Waals surface area contributed by atoms with Gasteiger partial charge in [-0.15, -0.1) is 0 Å². The van der Waals surface area contributed by atoms with Crippen LogP contribution in [0.25, 0.3) is 0 Å². The van der Waals surface area contributed by atoms with Gasteiger partial charge in [-0.1, -0.05) is 5.16 Å². The molecule has 0 saturated carbocycles. The fourth-order valence-electron chi connectivity index (χ4n) is 1.77. The van der Waals surface area contributed by atoms with Crippen LogP contribution in [0.3, 0.4) is 0 Å². The molecule has 1 N–H and O–H groups in total. The zero-order valence-corrected chi connectivity index (χ0v) is 11.3. The maximum Gasteiger partial charge on any atom is 0.246 e. The van der Waals surface area contributed by atoms with E-state index in [1.165, 1.54) is 0 Å². The van der Waals surface area contributed by atoms with E-state index in [0.717, 1.165) is 5.56 Å². The van der Waals surface area contributed by atoms with Crippen molar-refractivity contribution in [2.24, 2.45) is 7.05 Å². The Morgan fingerprint density at radius 3 is 2.67 bits per heavy atom. The van der Waals surface area contributed by atoms with Crippen molar-refractivity contribution in [2.75, 3.05) is 0 Å². The number of hydrogen-bond acceptors (Lipinski definition) is 4. The third-order valence-corrected chi connectivity index (χ3v) is 4.24. The van der Waals surface area contributed by atoms with Crippen LogP contribution >= 0.6 is 0 Å². The van der Waals surface area contributed by atoms with Crippen LogP contribution < -0.4 is 4.72 Å². The zero-order valence-electron chi connectivity index (χ0n) is 10.5. The Labute approximate surface area is 106 Å². The van der Waals surface area contributed by atoms with Gasteiger partial charge in [-0.2, -0.15) is 0 Å². The summed E-state index contributed by atoms with van der Waals surface area (Å²) < 4.78 is 33.5. The van der Waals surface area contributed by atoms with E-state index >= 15 is 0 Å². The summed E-state index contributed by atoms with van der Waals surface area (Å²) in [5, 5.41) is 3.64. The Morgan fingerprint density at radius 1 is 1.44 bits per heavy atom. The Hall–Kier alpha value is -1.60. The molecule has 98 valence electrons. The van der Waals surface area contributed by atoms with E-state index in [1.54, 1.807) is 13.8 Å². The number of aromatic nitrogens is 2. The molecule has 0 unspecified atom stereocenters. The maximum atomic E-state index is 12.1. The fraction of sp³-hybridized carbons (Fsp3) is 0.364. The number of rotatable bonds is 4. The molecule has 0 aliphatic carbocycles. The molecule has 0 aliphatic heterocycles. The van der Waals surface area contributed by atoms with Crippen LogP contribution in [-0.2, 0) is 23.6 Å². The summed E-state index contributed by atoms with van der Waals surface area (Å²) in [6, 6.07) is 1.86. The highest BCUT2D eigenvalue weighted by Crippen LogP contribution is 2.18. The van der Waals surface area contributed by atoms with Crippen LogP contribution in [0.2, 0.25) is 0 Å². The van der Waals surface area contributed by atoms with E-state index in [-0.39, 0.29) is 11.4 Å². The summed E-state index contributed by atoms with van der Waals surface area (Å²) in [4.78, 5) is 0.124. The lowest BCUT2D eigenvalue weighted by Gasteiger charge is -2.04. The van der Waals surface area contributed by atoms with Gasteiger partial charge in [0.25, 0.3) is 0 Å². The molecule has 0 aromatic carbocycles. The average molecular weight is 269 g/mol. The van der Waals surface area contributed by atoms with E-state index in [4.69, 9.17) is 4.52 Å². The molecule has 0 radical (unpaired) electrons. The van der Waals surface area contributed by atoms with E-state index in [1.807, 2.05) is 30.1 Å². The smallest absolute Gasteiger partial charge is 0.246 e. The van der Waals surface area contributed by atoms with Gasteiger partial charge >= 0.3 is 0 Å². The Balaban J connectivity index is 2.18. The summed E-state index contributed by atoms with van der Waals surface area (Å²) in [7, 11) is -1.70. The van der Waals surface area contributed by atoms with Crippen LogP contribution in [0.4, 0.5) is 0 Å². The van der Waals surface area contributed by atoms with Gasteiger partial charge in [-0.05, 0) is 25.5 Å². The van der Waals surface area contributed by atoms with Gasteiger partial charge in [-0.3, -0.25) is 0 Å². The van der Waals surface area contributed by atoms with Crippen molar-refractivity contribution < 1.29 is 12.9 Å². The van der Waals surface area contributed by atoms with Gasteiger partial charge in [0.15, 0.2) is 5.76 Å². The molecular weight excluding hydrogens is 254 g/mol. The lowest BCUT2D eigenvalue weighted by Crippen LogP contribution is -2.24. The van der Waals surface area contributed by atoms with E-state index in [2.05, 4.69) is 9.88 Å². The first-order chi connectivity index (χ1) is 8.40. The lowest BCUT2D eigenvalue weighted by atomic mass is 10.4. The summed E-state index contributed by atoms with van der Waals surface area (Å²) in [6.45, 7) is 3.43. The summed E-state index contributed by atoms with van der Waals surface area (Å²) in [6.07, 6.45) is 3.72. The van der Waals surface area contributed by atoms with E-state index in [9.17, 15) is 8.42 Å². The summed E-state index contributed by atoms with van der Waals surface area (Å²) in [5.74, 6) is 0.299. The van der Waals surface area contributed by atoms with Crippen molar-refractivity contribution in [3.8, 4) is 0 Å². The standard InChI is InChI=1S/C11H15N3O3S/c1-8-11(9(2)17-13-8)18(15,16)12-6-10-4-5-14(3)7-10/h4-5,7,12H,6H2,1-3H3. The number of hydrogen-bond donors (Lipinski definition) is 1. The molecule has 6 nitrogen and oxygen atoms in total. The van der Waals surface area contributed by atoms with Gasteiger partial charge in [0.2, 0.25) is 10.0 Å². The number of nitrogens with zero attached hydrogens (tertiary/aromatic N) is 2. The van der Waals surface area contributed by atoms with Crippen molar-refractivity contribution in [3.05, 3.63) is 35.5 Å². The minimum Gasteiger partial charge on any atom is -0.360 e. The average Bonchev–Trinajstić information content (AvgIpc) is 2.83. The Kier molecular flexibility index (Phi) is 3.27. The molecule has 0 aliphatic rings. The Bertz CT molecular complexity index is 635. The third-order valence-electron chi connectivity index (χ3n) is 2.60. The normalized spacial score (nSPS) is 11.9. The second kappa shape index (κ2) is 4.58. The second-order valence-electron chi connectivity index (χ2n) is 4.16. The molecule has 7 heteroatoms. The Morgan fingerprint density at radius 2 is 2.17 bits per heavy atom. The minimum atomic E-state index is -3.58. The van der Waals surface area contributed by atoms with Crippen LogP contribution in [0, 0.1) is 13.8 Å². The molecule has 2 heterocycles. The van der Waals surface area contributed by atoms with Crippen LogP contribution in [0.15, 0.2) is 27.9 Å². The third kappa shape index (κ3) is 2.46. The van der Waals surface area contributed by atoms with Crippen molar-refractivity contribution in [3.63, 3.8) is 0 Å². The van der Waals surface area contributed by atoms with Crippen LogP contribution in [0.5, 0.6) is 0 Å². The van der Waals surface area contributed by atoms with Crippen LogP contribution in [0.1, 0.15) is 17.0 Å². The second-order valence-corrected chi connectivity index (χ2v) is 5.87. The molecule has 0 spiro atoms. The summed E-state index contributed by atoms with van der Waals surface area (Å²) >= 11 is 0. The SMILES string of the molecule is Cc1noc(C)c1S(=O)(=O)NCc1ccn(C)c1. The monoisotopic (exact) mass is 269 g/mol.